The SMILES string of the molecule is COC(=O)C(Cc1ccccc1)NC(=O)N1CCN(S(C)(=O)=O)CC1. The fourth-order valence-corrected chi connectivity index (χ4v) is 3.48. The quantitative estimate of drug-likeness (QED) is 0.741. The average molecular weight is 369 g/mol. The molecule has 0 bridgehead atoms. The van der Waals surface area contributed by atoms with Crippen molar-refractivity contribution in [2.75, 3.05) is 39.5 Å². The van der Waals surface area contributed by atoms with Crippen molar-refractivity contribution in [3.05, 3.63) is 35.9 Å². The summed E-state index contributed by atoms with van der Waals surface area (Å²) in [7, 11) is -1.98. The van der Waals surface area contributed by atoms with Crippen molar-refractivity contribution in [2.24, 2.45) is 0 Å². The second-order valence-corrected chi connectivity index (χ2v) is 7.85. The highest BCUT2D eigenvalue weighted by Crippen LogP contribution is 2.08. The van der Waals surface area contributed by atoms with Crippen molar-refractivity contribution in [1.82, 2.24) is 14.5 Å². The molecule has 1 unspecified atom stereocenters. The van der Waals surface area contributed by atoms with Crippen LogP contribution in [-0.2, 0) is 26.0 Å². The van der Waals surface area contributed by atoms with Gasteiger partial charge in [0.25, 0.3) is 0 Å². The zero-order chi connectivity index (χ0) is 18.4. The highest BCUT2D eigenvalue weighted by molar-refractivity contribution is 7.88. The molecule has 1 N–H and O–H groups in total. The molecule has 2 rings (SSSR count). The third-order valence-corrected chi connectivity index (χ3v) is 5.36. The maximum atomic E-state index is 12.4. The maximum absolute atomic E-state index is 12.4. The zero-order valence-electron chi connectivity index (χ0n) is 14.3. The third kappa shape index (κ3) is 5.43. The van der Waals surface area contributed by atoms with Gasteiger partial charge in [0.2, 0.25) is 10.0 Å². The molecule has 1 aliphatic heterocycles. The van der Waals surface area contributed by atoms with Crippen molar-refractivity contribution in [1.29, 1.82) is 0 Å². The van der Waals surface area contributed by atoms with Crippen LogP contribution >= 0.6 is 0 Å². The number of carbonyl (C=O) groups is 2. The summed E-state index contributed by atoms with van der Waals surface area (Å²) in [5, 5.41) is 2.68. The van der Waals surface area contributed by atoms with Gasteiger partial charge in [-0.2, -0.15) is 4.31 Å². The van der Waals surface area contributed by atoms with Crippen LogP contribution in [0.4, 0.5) is 4.79 Å². The molecule has 0 radical (unpaired) electrons. The number of methoxy groups -OCH3 is 1. The van der Waals surface area contributed by atoms with Crippen molar-refractivity contribution < 1.29 is 22.7 Å². The molecule has 1 heterocycles. The van der Waals surface area contributed by atoms with Gasteiger partial charge in [-0.25, -0.2) is 18.0 Å². The van der Waals surface area contributed by atoms with Gasteiger partial charge in [0.05, 0.1) is 13.4 Å². The first-order chi connectivity index (χ1) is 11.8. The van der Waals surface area contributed by atoms with E-state index in [0.29, 0.717) is 6.42 Å². The molecule has 0 saturated carbocycles. The summed E-state index contributed by atoms with van der Waals surface area (Å²) in [6, 6.07) is 8.12. The Labute approximate surface area is 147 Å². The Morgan fingerprint density at radius 3 is 2.28 bits per heavy atom. The molecular weight excluding hydrogens is 346 g/mol. The molecule has 1 atom stereocenters. The summed E-state index contributed by atoms with van der Waals surface area (Å²) in [5.74, 6) is -0.521. The number of ether oxygens (including phenoxy) is 1. The van der Waals surface area contributed by atoms with Crippen molar-refractivity contribution in [3.63, 3.8) is 0 Å². The molecule has 1 aliphatic rings. The third-order valence-electron chi connectivity index (χ3n) is 4.06. The number of piperazine rings is 1. The van der Waals surface area contributed by atoms with Crippen molar-refractivity contribution >= 4 is 22.0 Å². The van der Waals surface area contributed by atoms with Gasteiger partial charge in [-0.1, -0.05) is 30.3 Å². The van der Waals surface area contributed by atoms with Gasteiger partial charge in [-0.05, 0) is 5.56 Å². The van der Waals surface area contributed by atoms with E-state index in [-0.39, 0.29) is 26.2 Å². The lowest BCUT2D eigenvalue weighted by atomic mass is 10.1. The molecule has 0 spiro atoms. The number of nitrogens with zero attached hydrogens (tertiary/aromatic N) is 2. The van der Waals surface area contributed by atoms with Gasteiger partial charge in [-0.15, -0.1) is 0 Å². The van der Waals surface area contributed by atoms with Crippen LogP contribution in [0, 0.1) is 0 Å². The number of urea groups is 1. The molecule has 0 aliphatic carbocycles. The highest BCUT2D eigenvalue weighted by atomic mass is 32.2. The van der Waals surface area contributed by atoms with Gasteiger partial charge in [-0.3, -0.25) is 0 Å². The summed E-state index contributed by atoms with van der Waals surface area (Å²) in [6.07, 6.45) is 1.47. The number of benzene rings is 1. The average Bonchev–Trinajstić information content (AvgIpc) is 2.60. The van der Waals surface area contributed by atoms with Gasteiger partial charge in [0, 0.05) is 32.6 Å². The standard InChI is InChI=1S/C16H23N3O5S/c1-24-15(20)14(12-13-6-4-3-5-7-13)17-16(21)18-8-10-19(11-9-18)25(2,22)23/h3-7,14H,8-12H2,1-2H3,(H,17,21). The molecular formula is C16H23N3O5S. The first kappa shape index (κ1) is 19.2. The number of esters is 1. The van der Waals surface area contributed by atoms with Crippen LogP contribution in [0.15, 0.2) is 30.3 Å². The van der Waals surface area contributed by atoms with Crippen LogP contribution in [0.5, 0.6) is 0 Å². The van der Waals surface area contributed by atoms with E-state index in [9.17, 15) is 18.0 Å². The van der Waals surface area contributed by atoms with Gasteiger partial charge >= 0.3 is 12.0 Å². The summed E-state index contributed by atoms with van der Waals surface area (Å²) < 4.78 is 29.1. The predicted octanol–water partition coefficient (Wildman–Crippen LogP) is 0.0575. The number of carbonyl (C=O) groups excluding carboxylic acids is 2. The smallest absolute Gasteiger partial charge is 0.328 e. The normalized spacial score (nSPS) is 17.0. The summed E-state index contributed by atoms with van der Waals surface area (Å²) >= 11 is 0. The lowest BCUT2D eigenvalue weighted by molar-refractivity contribution is -0.142. The van der Waals surface area contributed by atoms with E-state index in [1.165, 1.54) is 16.3 Å². The topological polar surface area (TPSA) is 96.0 Å². The molecule has 2 amide bonds. The van der Waals surface area contributed by atoms with E-state index in [1.807, 2.05) is 30.3 Å². The Kier molecular flexibility index (Phi) is 6.38. The fourth-order valence-electron chi connectivity index (χ4n) is 2.65. The van der Waals surface area contributed by atoms with Crippen molar-refractivity contribution in [2.45, 2.75) is 12.5 Å². The van der Waals surface area contributed by atoms with Gasteiger partial charge in [0.1, 0.15) is 6.04 Å². The highest BCUT2D eigenvalue weighted by Gasteiger charge is 2.29. The Hall–Kier alpha value is -2.13. The molecule has 1 saturated heterocycles. The number of nitrogens with one attached hydrogen (secondary N) is 1. The number of sulfonamides is 1. The van der Waals surface area contributed by atoms with Crippen LogP contribution in [0.3, 0.4) is 0 Å². The summed E-state index contributed by atoms with van der Waals surface area (Å²) in [6.45, 7) is 1.04. The van der Waals surface area contributed by atoms with Crippen LogP contribution in [0.1, 0.15) is 5.56 Å². The largest absolute Gasteiger partial charge is 0.467 e. The second-order valence-electron chi connectivity index (χ2n) is 5.86. The zero-order valence-corrected chi connectivity index (χ0v) is 15.2. The second kappa shape index (κ2) is 8.30. The molecule has 0 aromatic heterocycles. The minimum absolute atomic E-state index is 0.244. The van der Waals surface area contributed by atoms with Crippen LogP contribution in [0.25, 0.3) is 0 Å². The van der Waals surface area contributed by atoms with E-state index in [2.05, 4.69) is 5.32 Å². The van der Waals surface area contributed by atoms with E-state index in [0.717, 1.165) is 11.8 Å². The lowest BCUT2D eigenvalue weighted by Crippen LogP contribution is -2.55. The lowest BCUT2D eigenvalue weighted by Gasteiger charge is -2.34. The van der Waals surface area contributed by atoms with E-state index >= 15 is 0 Å². The Morgan fingerprint density at radius 1 is 1.16 bits per heavy atom. The Bertz CT molecular complexity index is 700. The molecule has 8 nitrogen and oxygen atoms in total. The fraction of sp³-hybridized carbons (Fsp3) is 0.500. The first-order valence-corrected chi connectivity index (χ1v) is 9.78. The number of amides is 2. The van der Waals surface area contributed by atoms with E-state index in [4.69, 9.17) is 4.74 Å². The molecule has 9 heteroatoms. The number of rotatable bonds is 5. The molecule has 1 aromatic carbocycles. The van der Waals surface area contributed by atoms with Gasteiger partial charge in [0.15, 0.2) is 0 Å². The van der Waals surface area contributed by atoms with Crippen LogP contribution < -0.4 is 5.32 Å². The van der Waals surface area contributed by atoms with Crippen LogP contribution in [0.2, 0.25) is 0 Å². The Morgan fingerprint density at radius 2 is 1.76 bits per heavy atom. The Balaban J connectivity index is 1.97. The van der Waals surface area contributed by atoms with E-state index in [1.54, 1.807) is 0 Å². The summed E-state index contributed by atoms with van der Waals surface area (Å²) in [4.78, 5) is 25.9. The van der Waals surface area contributed by atoms with Crippen LogP contribution in [-0.4, -0.2) is 75.2 Å². The minimum atomic E-state index is -3.26. The predicted molar refractivity (Wildman–Crippen MR) is 92.5 cm³/mol. The van der Waals surface area contributed by atoms with Gasteiger partial charge < -0.3 is 15.0 Å². The number of hydrogen-bond acceptors (Lipinski definition) is 5. The summed E-state index contributed by atoms with van der Waals surface area (Å²) in [5.41, 5.74) is 0.903. The maximum Gasteiger partial charge on any atom is 0.328 e. The molecule has 1 fully saturated rings. The molecule has 25 heavy (non-hydrogen) atoms. The monoisotopic (exact) mass is 369 g/mol. The van der Waals surface area contributed by atoms with Crippen molar-refractivity contribution in [3.8, 4) is 0 Å². The first-order valence-electron chi connectivity index (χ1n) is 7.93. The number of hydrogen-bond donors (Lipinski definition) is 1. The molecule has 138 valence electrons. The van der Waals surface area contributed by atoms with E-state index < -0.39 is 28.1 Å². The minimum Gasteiger partial charge on any atom is -0.467 e. The molecule has 1 aromatic rings.